The lowest BCUT2D eigenvalue weighted by Gasteiger charge is -2.33. The Hall–Kier alpha value is -3.06. The number of carbonyl (C=O) groups is 1. The third kappa shape index (κ3) is 4.37. The number of hydrogen-bond donors (Lipinski definition) is 2. The van der Waals surface area contributed by atoms with Crippen molar-refractivity contribution in [3.05, 3.63) is 63.3 Å². The second-order valence-corrected chi connectivity index (χ2v) is 9.62. The first-order valence-corrected chi connectivity index (χ1v) is 12.3. The van der Waals surface area contributed by atoms with Gasteiger partial charge in [-0.2, -0.15) is 0 Å². The summed E-state index contributed by atoms with van der Waals surface area (Å²) in [6.45, 7) is 1.34. The van der Waals surface area contributed by atoms with Crippen molar-refractivity contribution in [2.75, 3.05) is 13.7 Å². The standard InChI is InChI=1S/C27H32N2O5/c1-33-16-18-13-24(30)26(32)27(34-18)21(17-7-3-2-4-8-17)14-25(31)29-12-11-20-19-9-5-6-10-22(19)28-23(20)15-29/h5-6,9-10,13,17,21,28,32H,2-4,7-8,11-12,14-16H2,1H3. The molecule has 1 unspecified atom stereocenters. The molecule has 1 fully saturated rings. The molecule has 1 saturated carbocycles. The summed E-state index contributed by atoms with van der Waals surface area (Å²) >= 11 is 0. The SMILES string of the molecule is COCc1cc(=O)c(O)c(C(CC(=O)N2CCc3c([nH]c4ccccc34)C2)C2CCCCC2)o1. The molecular formula is C27H32N2O5. The average Bonchev–Trinajstić information content (AvgIpc) is 3.23. The lowest BCUT2D eigenvalue weighted by atomic mass is 9.76. The smallest absolute Gasteiger partial charge is 0.227 e. The minimum absolute atomic E-state index is 0.0269. The summed E-state index contributed by atoms with van der Waals surface area (Å²) < 4.78 is 11.1. The first-order valence-electron chi connectivity index (χ1n) is 12.3. The maximum absolute atomic E-state index is 13.5. The number of rotatable bonds is 6. The van der Waals surface area contributed by atoms with Crippen LogP contribution < -0.4 is 5.43 Å². The minimum atomic E-state index is -0.484. The van der Waals surface area contributed by atoms with Crippen LogP contribution in [0.1, 0.15) is 67.2 Å². The Morgan fingerprint density at radius 3 is 2.85 bits per heavy atom. The summed E-state index contributed by atoms with van der Waals surface area (Å²) in [6.07, 6.45) is 6.28. The van der Waals surface area contributed by atoms with Crippen molar-refractivity contribution in [3.63, 3.8) is 0 Å². The summed E-state index contributed by atoms with van der Waals surface area (Å²) in [5, 5.41) is 11.9. The molecule has 7 heteroatoms. The maximum atomic E-state index is 13.5. The lowest BCUT2D eigenvalue weighted by Crippen LogP contribution is -2.37. The molecule has 2 aliphatic rings. The fraction of sp³-hybridized carbons (Fsp3) is 0.481. The van der Waals surface area contributed by atoms with Gasteiger partial charge >= 0.3 is 0 Å². The van der Waals surface area contributed by atoms with Crippen LogP contribution in [0.2, 0.25) is 0 Å². The molecule has 0 spiro atoms. The molecule has 3 heterocycles. The van der Waals surface area contributed by atoms with Crippen LogP contribution in [0.15, 0.2) is 39.5 Å². The Morgan fingerprint density at radius 2 is 2.06 bits per heavy atom. The molecule has 3 aromatic rings. The molecule has 5 rings (SSSR count). The number of aromatic amines is 1. The van der Waals surface area contributed by atoms with E-state index in [0.717, 1.165) is 43.3 Å². The molecular weight excluding hydrogens is 432 g/mol. The number of nitrogens with one attached hydrogen (secondary N) is 1. The number of ether oxygens (including phenoxy) is 1. The molecule has 7 nitrogen and oxygen atoms in total. The predicted octanol–water partition coefficient (Wildman–Crippen LogP) is 4.61. The van der Waals surface area contributed by atoms with Gasteiger partial charge in [0.15, 0.2) is 5.76 Å². The molecule has 1 aromatic carbocycles. The van der Waals surface area contributed by atoms with Crippen LogP contribution >= 0.6 is 0 Å². The quantitative estimate of drug-likeness (QED) is 0.555. The van der Waals surface area contributed by atoms with E-state index in [4.69, 9.17) is 9.15 Å². The van der Waals surface area contributed by atoms with E-state index in [-0.39, 0.29) is 42.3 Å². The Labute approximate surface area is 198 Å². The van der Waals surface area contributed by atoms with Crippen molar-refractivity contribution in [2.24, 2.45) is 5.92 Å². The Bertz CT molecular complexity index is 1240. The normalized spacial score (nSPS) is 17.6. The first kappa shape index (κ1) is 22.7. The molecule has 34 heavy (non-hydrogen) atoms. The van der Waals surface area contributed by atoms with Gasteiger partial charge in [-0.1, -0.05) is 37.5 Å². The molecule has 0 saturated heterocycles. The number of methoxy groups -OCH3 is 1. The molecule has 0 bridgehead atoms. The number of nitrogens with zero attached hydrogens (tertiary/aromatic N) is 1. The number of hydrogen-bond acceptors (Lipinski definition) is 5. The van der Waals surface area contributed by atoms with Crippen LogP contribution in [0.5, 0.6) is 5.75 Å². The molecule has 1 atom stereocenters. The molecule has 180 valence electrons. The number of aromatic nitrogens is 1. The Morgan fingerprint density at radius 1 is 1.26 bits per heavy atom. The van der Waals surface area contributed by atoms with E-state index in [2.05, 4.69) is 17.1 Å². The van der Waals surface area contributed by atoms with Gasteiger partial charge in [-0.15, -0.1) is 0 Å². The Kier molecular flexibility index (Phi) is 6.46. The number of carbonyl (C=O) groups excluding carboxylic acids is 1. The minimum Gasteiger partial charge on any atom is -0.502 e. The van der Waals surface area contributed by atoms with E-state index in [9.17, 15) is 14.7 Å². The second kappa shape index (κ2) is 9.66. The summed E-state index contributed by atoms with van der Waals surface area (Å²) in [5.74, 6) is 0.121. The number of para-hydroxylation sites is 1. The largest absolute Gasteiger partial charge is 0.502 e. The fourth-order valence-electron chi connectivity index (χ4n) is 5.75. The topological polar surface area (TPSA) is 95.8 Å². The fourth-order valence-corrected chi connectivity index (χ4v) is 5.75. The van der Waals surface area contributed by atoms with Gasteiger partial charge in [-0.25, -0.2) is 0 Å². The third-order valence-electron chi connectivity index (χ3n) is 7.47. The summed E-state index contributed by atoms with van der Waals surface area (Å²) in [4.78, 5) is 31.4. The van der Waals surface area contributed by atoms with Gasteiger partial charge in [-0.3, -0.25) is 9.59 Å². The van der Waals surface area contributed by atoms with Gasteiger partial charge in [0.1, 0.15) is 12.4 Å². The maximum Gasteiger partial charge on any atom is 0.227 e. The molecule has 1 aliphatic heterocycles. The van der Waals surface area contributed by atoms with E-state index in [1.54, 1.807) is 0 Å². The average molecular weight is 465 g/mol. The van der Waals surface area contributed by atoms with Gasteiger partial charge in [0.05, 0.1) is 6.54 Å². The van der Waals surface area contributed by atoms with Crippen LogP contribution in [0.25, 0.3) is 10.9 Å². The van der Waals surface area contributed by atoms with Gasteiger partial charge in [0, 0.05) is 48.7 Å². The summed E-state index contributed by atoms with van der Waals surface area (Å²) in [5.41, 5.74) is 3.00. The summed E-state index contributed by atoms with van der Waals surface area (Å²) in [6, 6.07) is 9.51. The van der Waals surface area contributed by atoms with Crippen molar-refractivity contribution in [1.29, 1.82) is 0 Å². The van der Waals surface area contributed by atoms with Gasteiger partial charge in [0.2, 0.25) is 17.1 Å². The van der Waals surface area contributed by atoms with Crippen molar-refractivity contribution in [1.82, 2.24) is 9.88 Å². The highest BCUT2D eigenvalue weighted by molar-refractivity contribution is 5.85. The zero-order valence-electron chi connectivity index (χ0n) is 19.6. The predicted molar refractivity (Wildman–Crippen MR) is 129 cm³/mol. The number of H-pyrrole nitrogens is 1. The van der Waals surface area contributed by atoms with Crippen molar-refractivity contribution in [2.45, 2.75) is 64.0 Å². The third-order valence-corrected chi connectivity index (χ3v) is 7.47. The first-order chi connectivity index (χ1) is 16.5. The monoisotopic (exact) mass is 464 g/mol. The molecule has 2 N–H and O–H groups in total. The van der Waals surface area contributed by atoms with E-state index >= 15 is 0 Å². The highest BCUT2D eigenvalue weighted by atomic mass is 16.5. The number of benzene rings is 1. The van der Waals surface area contributed by atoms with E-state index < -0.39 is 5.43 Å². The number of aromatic hydroxyl groups is 1. The van der Waals surface area contributed by atoms with Crippen LogP contribution in [0.4, 0.5) is 0 Å². The van der Waals surface area contributed by atoms with Crippen LogP contribution in [-0.4, -0.2) is 34.6 Å². The van der Waals surface area contributed by atoms with E-state index in [1.807, 2.05) is 17.0 Å². The van der Waals surface area contributed by atoms with Crippen molar-refractivity contribution >= 4 is 16.8 Å². The van der Waals surface area contributed by atoms with Crippen LogP contribution in [0.3, 0.4) is 0 Å². The lowest BCUT2D eigenvalue weighted by molar-refractivity contribution is -0.133. The zero-order chi connectivity index (χ0) is 23.7. The number of fused-ring (bicyclic) bond motifs is 3. The second-order valence-electron chi connectivity index (χ2n) is 9.62. The van der Waals surface area contributed by atoms with E-state index in [1.165, 1.54) is 30.5 Å². The van der Waals surface area contributed by atoms with Crippen molar-refractivity contribution in [3.8, 4) is 5.75 Å². The van der Waals surface area contributed by atoms with Crippen molar-refractivity contribution < 1.29 is 19.1 Å². The molecule has 1 amide bonds. The molecule has 0 radical (unpaired) electrons. The zero-order valence-corrected chi connectivity index (χ0v) is 19.6. The molecule has 1 aliphatic carbocycles. The van der Waals surface area contributed by atoms with Crippen LogP contribution in [-0.2, 0) is 29.1 Å². The highest BCUT2D eigenvalue weighted by Crippen LogP contribution is 2.41. The Balaban J connectivity index is 1.42. The number of amides is 1. The molecule has 2 aromatic heterocycles. The summed E-state index contributed by atoms with van der Waals surface area (Å²) in [7, 11) is 1.53. The van der Waals surface area contributed by atoms with Gasteiger partial charge in [0.25, 0.3) is 0 Å². The van der Waals surface area contributed by atoms with Gasteiger partial charge < -0.3 is 24.1 Å². The van der Waals surface area contributed by atoms with E-state index in [0.29, 0.717) is 18.8 Å². The van der Waals surface area contributed by atoms with Gasteiger partial charge in [-0.05, 0) is 36.8 Å². The van der Waals surface area contributed by atoms with Crippen LogP contribution in [0, 0.1) is 5.92 Å². The highest BCUT2D eigenvalue weighted by Gasteiger charge is 2.34.